The van der Waals surface area contributed by atoms with Crippen LogP contribution in [0.4, 0.5) is 17.5 Å². The van der Waals surface area contributed by atoms with E-state index in [4.69, 9.17) is 5.84 Å². The lowest BCUT2D eigenvalue weighted by Gasteiger charge is -2.05. The molecule has 3 rings (SSSR count). The molecule has 3 heterocycles. The van der Waals surface area contributed by atoms with Gasteiger partial charge in [0.1, 0.15) is 5.82 Å². The van der Waals surface area contributed by atoms with Crippen LogP contribution in [0.1, 0.15) is 0 Å². The number of hydrogen-bond acceptors (Lipinski definition) is 7. The number of H-pyrrole nitrogens is 1. The van der Waals surface area contributed by atoms with Crippen molar-refractivity contribution < 1.29 is 0 Å². The third-order valence-corrected chi connectivity index (χ3v) is 2.41. The number of anilines is 3. The summed E-state index contributed by atoms with van der Waals surface area (Å²) in [5.41, 5.74) is 3.83. The first-order valence-electron chi connectivity index (χ1n) is 5.19. The zero-order valence-electron chi connectivity index (χ0n) is 9.55. The van der Waals surface area contributed by atoms with Crippen molar-refractivity contribution in [1.82, 2.24) is 29.9 Å². The van der Waals surface area contributed by atoms with Gasteiger partial charge in [-0.1, -0.05) is 0 Å². The van der Waals surface area contributed by atoms with Gasteiger partial charge in [-0.3, -0.25) is 15.2 Å². The van der Waals surface area contributed by atoms with Crippen molar-refractivity contribution >= 4 is 28.5 Å². The van der Waals surface area contributed by atoms with Crippen molar-refractivity contribution in [2.75, 3.05) is 10.7 Å². The summed E-state index contributed by atoms with van der Waals surface area (Å²) in [6.07, 6.45) is 5.18. The Morgan fingerprint density at radius 1 is 1.33 bits per heavy atom. The van der Waals surface area contributed by atoms with Gasteiger partial charge in [0.15, 0.2) is 5.65 Å². The first-order valence-corrected chi connectivity index (χ1v) is 5.19. The van der Waals surface area contributed by atoms with Crippen LogP contribution in [0, 0.1) is 0 Å². The SMILES string of the molecule is Cn1cc(Nc2nc(NN)nc3[nH]ncc23)cn1. The first kappa shape index (κ1) is 10.5. The Kier molecular flexibility index (Phi) is 2.31. The molecule has 0 atom stereocenters. The summed E-state index contributed by atoms with van der Waals surface area (Å²) >= 11 is 0. The van der Waals surface area contributed by atoms with Crippen LogP contribution in [-0.2, 0) is 7.05 Å². The van der Waals surface area contributed by atoms with Gasteiger partial charge in [-0.15, -0.1) is 0 Å². The fraction of sp³-hybridized carbons (Fsp3) is 0.111. The molecular weight excluding hydrogens is 234 g/mol. The number of rotatable bonds is 3. The molecule has 0 radical (unpaired) electrons. The Hall–Kier alpha value is -2.68. The molecule has 18 heavy (non-hydrogen) atoms. The number of aromatic amines is 1. The quantitative estimate of drug-likeness (QED) is 0.381. The minimum Gasteiger partial charge on any atom is -0.337 e. The Morgan fingerprint density at radius 3 is 2.94 bits per heavy atom. The topological polar surface area (TPSA) is 122 Å². The number of aryl methyl sites for hydroxylation is 1. The van der Waals surface area contributed by atoms with Crippen LogP contribution in [0.15, 0.2) is 18.6 Å². The molecule has 0 aliphatic carbocycles. The maximum Gasteiger partial charge on any atom is 0.241 e. The number of hydrazine groups is 1. The summed E-state index contributed by atoms with van der Waals surface area (Å²) in [4.78, 5) is 8.38. The van der Waals surface area contributed by atoms with E-state index >= 15 is 0 Å². The number of nitrogen functional groups attached to an aromatic ring is 1. The number of fused-ring (bicyclic) bond motifs is 1. The molecule has 0 fully saturated rings. The van der Waals surface area contributed by atoms with Crippen LogP contribution in [0.2, 0.25) is 0 Å². The molecule has 0 aromatic carbocycles. The number of nitrogens with two attached hydrogens (primary N) is 1. The molecule has 0 saturated carbocycles. The highest BCUT2D eigenvalue weighted by Crippen LogP contribution is 2.22. The Bertz CT molecular complexity index is 682. The fourth-order valence-electron chi connectivity index (χ4n) is 1.62. The number of hydrogen-bond donors (Lipinski definition) is 4. The van der Waals surface area contributed by atoms with Crippen LogP contribution in [0.5, 0.6) is 0 Å². The van der Waals surface area contributed by atoms with Crippen molar-refractivity contribution in [2.24, 2.45) is 12.9 Å². The molecule has 0 amide bonds. The van der Waals surface area contributed by atoms with Gasteiger partial charge < -0.3 is 5.32 Å². The van der Waals surface area contributed by atoms with Crippen molar-refractivity contribution in [1.29, 1.82) is 0 Å². The van der Waals surface area contributed by atoms with Crippen LogP contribution >= 0.6 is 0 Å². The average Bonchev–Trinajstić information content (AvgIpc) is 2.98. The molecule has 0 aliphatic heterocycles. The second-order valence-corrected chi connectivity index (χ2v) is 3.70. The molecular formula is C9H11N9. The summed E-state index contributed by atoms with van der Waals surface area (Å²) in [5.74, 6) is 6.23. The predicted octanol–water partition coefficient (Wildman–Crippen LogP) is 0.116. The maximum atomic E-state index is 5.32. The molecule has 9 nitrogen and oxygen atoms in total. The molecule has 0 aliphatic rings. The van der Waals surface area contributed by atoms with Gasteiger partial charge >= 0.3 is 0 Å². The second kappa shape index (κ2) is 3.96. The zero-order valence-corrected chi connectivity index (χ0v) is 9.55. The third kappa shape index (κ3) is 1.72. The first-order chi connectivity index (χ1) is 8.76. The van der Waals surface area contributed by atoms with Gasteiger partial charge in [0.25, 0.3) is 0 Å². The third-order valence-electron chi connectivity index (χ3n) is 2.41. The lowest BCUT2D eigenvalue weighted by atomic mass is 10.4. The van der Waals surface area contributed by atoms with E-state index < -0.39 is 0 Å². The van der Waals surface area contributed by atoms with E-state index in [0.717, 1.165) is 11.1 Å². The smallest absolute Gasteiger partial charge is 0.241 e. The summed E-state index contributed by atoms with van der Waals surface area (Å²) < 4.78 is 1.69. The van der Waals surface area contributed by atoms with E-state index in [9.17, 15) is 0 Å². The van der Waals surface area contributed by atoms with Crippen molar-refractivity contribution in [3.63, 3.8) is 0 Å². The summed E-state index contributed by atoms with van der Waals surface area (Å²) in [7, 11) is 1.84. The fourth-order valence-corrected chi connectivity index (χ4v) is 1.62. The van der Waals surface area contributed by atoms with Crippen LogP contribution in [-0.4, -0.2) is 29.9 Å². The second-order valence-electron chi connectivity index (χ2n) is 3.70. The molecule has 0 bridgehead atoms. The van der Waals surface area contributed by atoms with E-state index in [1.807, 2.05) is 13.2 Å². The highest BCUT2D eigenvalue weighted by molar-refractivity contribution is 5.88. The van der Waals surface area contributed by atoms with E-state index in [-0.39, 0.29) is 0 Å². The molecule has 0 spiro atoms. The highest BCUT2D eigenvalue weighted by atomic mass is 15.3. The van der Waals surface area contributed by atoms with Gasteiger partial charge in [0.05, 0.1) is 23.5 Å². The highest BCUT2D eigenvalue weighted by Gasteiger charge is 2.09. The Morgan fingerprint density at radius 2 is 2.22 bits per heavy atom. The summed E-state index contributed by atoms with van der Waals surface area (Å²) in [6.45, 7) is 0. The molecule has 9 heteroatoms. The molecule has 3 aromatic heterocycles. The predicted molar refractivity (Wildman–Crippen MR) is 66.0 cm³/mol. The minimum atomic E-state index is 0.304. The minimum absolute atomic E-state index is 0.304. The van der Waals surface area contributed by atoms with E-state index in [1.165, 1.54) is 0 Å². The largest absolute Gasteiger partial charge is 0.337 e. The molecule has 0 unspecified atom stereocenters. The summed E-state index contributed by atoms with van der Waals surface area (Å²) in [6, 6.07) is 0. The van der Waals surface area contributed by atoms with E-state index in [1.54, 1.807) is 17.1 Å². The van der Waals surface area contributed by atoms with Crippen molar-refractivity contribution in [2.45, 2.75) is 0 Å². The van der Waals surface area contributed by atoms with Crippen LogP contribution in [0.25, 0.3) is 11.0 Å². The molecule has 3 aromatic rings. The monoisotopic (exact) mass is 245 g/mol. The number of aromatic nitrogens is 6. The Balaban J connectivity index is 2.06. The molecule has 0 saturated heterocycles. The number of nitrogens with one attached hydrogen (secondary N) is 3. The van der Waals surface area contributed by atoms with Crippen molar-refractivity contribution in [3.8, 4) is 0 Å². The summed E-state index contributed by atoms with van der Waals surface area (Å²) in [5, 5.41) is 14.7. The lowest BCUT2D eigenvalue weighted by Crippen LogP contribution is -2.11. The molecule has 92 valence electrons. The number of nitrogens with zero attached hydrogens (tertiary/aromatic N) is 5. The average molecular weight is 245 g/mol. The van der Waals surface area contributed by atoms with Gasteiger partial charge in [-0.05, 0) is 0 Å². The Labute approximate surface area is 101 Å². The van der Waals surface area contributed by atoms with Crippen LogP contribution in [0.3, 0.4) is 0 Å². The normalized spacial score (nSPS) is 10.8. The van der Waals surface area contributed by atoms with Crippen LogP contribution < -0.4 is 16.6 Å². The van der Waals surface area contributed by atoms with Gasteiger partial charge in [-0.25, -0.2) is 5.84 Å². The lowest BCUT2D eigenvalue weighted by molar-refractivity contribution is 0.768. The van der Waals surface area contributed by atoms with E-state index in [0.29, 0.717) is 17.4 Å². The van der Waals surface area contributed by atoms with Gasteiger partial charge in [0.2, 0.25) is 5.95 Å². The maximum absolute atomic E-state index is 5.32. The van der Waals surface area contributed by atoms with E-state index in [2.05, 4.69) is 36.0 Å². The van der Waals surface area contributed by atoms with Gasteiger partial charge in [0, 0.05) is 13.2 Å². The van der Waals surface area contributed by atoms with Crippen molar-refractivity contribution in [3.05, 3.63) is 18.6 Å². The molecule has 5 N–H and O–H groups in total. The van der Waals surface area contributed by atoms with Gasteiger partial charge in [-0.2, -0.15) is 20.2 Å². The standard InChI is InChI=1S/C9H11N9/c1-18-4-5(2-12-18)13-7-6-3-11-17-8(6)15-9(14-7)16-10/h2-4H,10H2,1H3,(H3,11,13,14,15,16,17). The zero-order chi connectivity index (χ0) is 12.5.